The van der Waals surface area contributed by atoms with Gasteiger partial charge >= 0.3 is 0 Å². The van der Waals surface area contributed by atoms with E-state index < -0.39 is 6.67 Å². The first-order valence-corrected chi connectivity index (χ1v) is 11.8. The van der Waals surface area contributed by atoms with Gasteiger partial charge in [-0.1, -0.05) is 44.2 Å². The van der Waals surface area contributed by atoms with Crippen molar-refractivity contribution >= 4 is 17.5 Å². The van der Waals surface area contributed by atoms with Gasteiger partial charge in [0.1, 0.15) is 11.5 Å². The Labute approximate surface area is 196 Å². The van der Waals surface area contributed by atoms with Crippen LogP contribution in [-0.4, -0.2) is 61.9 Å². The predicted octanol–water partition coefficient (Wildman–Crippen LogP) is 3.34. The van der Waals surface area contributed by atoms with E-state index in [1.54, 1.807) is 0 Å². The van der Waals surface area contributed by atoms with E-state index in [-0.39, 0.29) is 23.4 Å². The number of rotatable bonds is 9. The number of halogens is 1. The number of amidine groups is 1. The first-order valence-electron chi connectivity index (χ1n) is 11.8. The Hall–Kier alpha value is -2.58. The molecule has 180 valence electrons. The number of hydrogen-bond donors (Lipinski definition) is 2. The first kappa shape index (κ1) is 25.1. The van der Waals surface area contributed by atoms with Gasteiger partial charge in [-0.3, -0.25) is 19.6 Å². The maximum atomic E-state index is 13.7. The molecule has 1 fully saturated rings. The van der Waals surface area contributed by atoms with E-state index in [0.29, 0.717) is 38.1 Å². The largest absolute Gasteiger partial charge is 0.377 e. The van der Waals surface area contributed by atoms with E-state index in [9.17, 15) is 9.18 Å². The second-order valence-electron chi connectivity index (χ2n) is 9.00. The maximum Gasteiger partial charge on any atom is 0.276 e. The number of hydrogen-bond acceptors (Lipinski definition) is 6. The second-order valence-corrected chi connectivity index (χ2v) is 9.00. The summed E-state index contributed by atoms with van der Waals surface area (Å²) in [4.78, 5) is 19.2. The summed E-state index contributed by atoms with van der Waals surface area (Å²) in [5.41, 5.74) is 5.07. The average molecular weight is 458 g/mol. The Morgan fingerprint density at radius 1 is 1.39 bits per heavy atom. The van der Waals surface area contributed by atoms with Crippen molar-refractivity contribution in [2.45, 2.75) is 33.6 Å². The summed E-state index contributed by atoms with van der Waals surface area (Å²) in [5, 5.41) is 7.20. The topological polar surface area (TPSA) is 78.3 Å². The fourth-order valence-electron chi connectivity index (χ4n) is 4.07. The number of carbonyl (C=O) groups is 1. The van der Waals surface area contributed by atoms with Crippen LogP contribution in [0.5, 0.6) is 0 Å². The van der Waals surface area contributed by atoms with Crippen LogP contribution in [0.3, 0.4) is 0 Å². The van der Waals surface area contributed by atoms with Crippen molar-refractivity contribution in [1.29, 1.82) is 0 Å². The molecule has 0 radical (unpaired) electrons. The van der Waals surface area contributed by atoms with Gasteiger partial charge in [-0.25, -0.2) is 0 Å². The van der Waals surface area contributed by atoms with Crippen LogP contribution >= 0.6 is 0 Å². The summed E-state index contributed by atoms with van der Waals surface area (Å²) in [6.07, 6.45) is 13.6. The molecule has 0 spiro atoms. The molecule has 2 N–H and O–H groups in total. The van der Waals surface area contributed by atoms with Gasteiger partial charge in [0.15, 0.2) is 0 Å². The molecular formula is C25H36FN5O2. The lowest BCUT2D eigenvalue weighted by Crippen LogP contribution is -2.46. The Morgan fingerprint density at radius 2 is 2.24 bits per heavy atom. The number of ether oxygens (including phenoxy) is 1. The number of hydrazone groups is 1. The van der Waals surface area contributed by atoms with Crippen molar-refractivity contribution in [2.24, 2.45) is 27.8 Å². The Kier molecular flexibility index (Phi) is 9.57. The van der Waals surface area contributed by atoms with Gasteiger partial charge in [0, 0.05) is 37.2 Å². The summed E-state index contributed by atoms with van der Waals surface area (Å²) >= 11 is 0. The number of nitrogens with one attached hydrogen (secondary N) is 2. The number of carbonyl (C=O) groups excluding carboxylic acids is 1. The molecule has 8 heteroatoms. The van der Waals surface area contributed by atoms with Crippen molar-refractivity contribution in [3.8, 4) is 0 Å². The van der Waals surface area contributed by atoms with Gasteiger partial charge in [-0.05, 0) is 31.3 Å². The van der Waals surface area contributed by atoms with Crippen LogP contribution in [-0.2, 0) is 9.53 Å². The van der Waals surface area contributed by atoms with Gasteiger partial charge in [0.05, 0.1) is 26.1 Å². The molecule has 33 heavy (non-hydrogen) atoms. The van der Waals surface area contributed by atoms with Gasteiger partial charge < -0.3 is 15.0 Å². The lowest BCUT2D eigenvalue weighted by molar-refractivity contribution is -0.116. The number of likely N-dealkylation sites (tertiary alicyclic amines) is 1. The summed E-state index contributed by atoms with van der Waals surface area (Å²) in [7, 11) is 0. The molecule has 0 aromatic rings. The van der Waals surface area contributed by atoms with Crippen LogP contribution < -0.4 is 10.7 Å². The molecular weight excluding hydrogens is 421 g/mol. The Balaban J connectivity index is 1.56. The summed E-state index contributed by atoms with van der Waals surface area (Å²) in [6, 6.07) is 0. The third-order valence-corrected chi connectivity index (χ3v) is 6.02. The molecule has 0 aromatic carbocycles. The number of aliphatic imine (C=N–C) groups is 1. The van der Waals surface area contributed by atoms with Crippen LogP contribution in [0.1, 0.15) is 33.6 Å². The van der Waals surface area contributed by atoms with Crippen molar-refractivity contribution in [1.82, 2.24) is 15.6 Å². The monoisotopic (exact) mass is 457 g/mol. The smallest absolute Gasteiger partial charge is 0.276 e. The highest BCUT2D eigenvalue weighted by molar-refractivity contribution is 6.08. The van der Waals surface area contributed by atoms with Crippen molar-refractivity contribution < 1.29 is 13.9 Å². The van der Waals surface area contributed by atoms with Crippen molar-refractivity contribution in [2.75, 3.05) is 39.5 Å². The number of allylic oxidation sites excluding steroid dienone is 3. The van der Waals surface area contributed by atoms with E-state index >= 15 is 0 Å². The normalized spacial score (nSPS) is 26.3. The first-order chi connectivity index (χ1) is 16.0. The molecule has 1 amide bonds. The lowest BCUT2D eigenvalue weighted by Gasteiger charge is -2.23. The summed E-state index contributed by atoms with van der Waals surface area (Å²) in [5.74, 6) is 0.423. The zero-order valence-corrected chi connectivity index (χ0v) is 19.9. The molecule has 7 nitrogen and oxygen atoms in total. The minimum absolute atomic E-state index is 0.143. The van der Waals surface area contributed by atoms with E-state index in [1.807, 2.05) is 13.0 Å². The van der Waals surface area contributed by atoms with Crippen LogP contribution in [0.15, 0.2) is 57.9 Å². The molecule has 2 atom stereocenters. The lowest BCUT2D eigenvalue weighted by atomic mass is 9.96. The van der Waals surface area contributed by atoms with Gasteiger partial charge in [0.25, 0.3) is 5.91 Å². The van der Waals surface area contributed by atoms with Crippen molar-refractivity contribution in [3.63, 3.8) is 0 Å². The SMILES string of the molecule is CC(=N/C=C1\NN=C(C2CN(CC/C=C\C=C/C(C)C)CC2CF)NC1=O)C1=CCOCC1. The summed E-state index contributed by atoms with van der Waals surface area (Å²) < 4.78 is 19.0. The predicted molar refractivity (Wildman–Crippen MR) is 131 cm³/mol. The molecule has 0 saturated carbocycles. The molecule has 0 bridgehead atoms. The standard InChI is InChI=1S/C25H36FN5O2/c1-18(2)8-6-4-5-7-11-31-16-21(14-26)22(17-31)24-28-25(32)23(29-30-24)15-27-19(3)20-9-12-33-13-10-20/h4-6,8-9,15,18,21-22,29H,7,10-14,16-17H2,1-3H3,(H,28,30,32)/b5-4-,8-6-,23-15-,27-19?. The fraction of sp³-hybridized carbons (Fsp3) is 0.560. The van der Waals surface area contributed by atoms with Crippen LogP contribution in [0.2, 0.25) is 0 Å². The highest BCUT2D eigenvalue weighted by Gasteiger charge is 2.38. The second kappa shape index (κ2) is 12.6. The number of alkyl halides is 1. The van der Waals surface area contributed by atoms with Crippen LogP contribution in [0, 0.1) is 17.8 Å². The third-order valence-electron chi connectivity index (χ3n) is 6.02. The molecule has 3 aliphatic rings. The Morgan fingerprint density at radius 3 is 2.94 bits per heavy atom. The van der Waals surface area contributed by atoms with Gasteiger partial charge in [-0.15, -0.1) is 0 Å². The zero-order valence-electron chi connectivity index (χ0n) is 19.9. The molecule has 3 rings (SSSR count). The highest BCUT2D eigenvalue weighted by atomic mass is 19.1. The fourth-order valence-corrected chi connectivity index (χ4v) is 4.07. The van der Waals surface area contributed by atoms with Crippen LogP contribution in [0.4, 0.5) is 4.39 Å². The molecule has 0 aromatic heterocycles. The zero-order chi connectivity index (χ0) is 23.6. The molecule has 2 unspecified atom stereocenters. The van der Waals surface area contributed by atoms with E-state index in [2.05, 4.69) is 63.9 Å². The third kappa shape index (κ3) is 7.47. The van der Waals surface area contributed by atoms with Gasteiger partial charge in [0.2, 0.25) is 0 Å². The average Bonchev–Trinajstić information content (AvgIpc) is 3.24. The molecule has 3 aliphatic heterocycles. The Bertz CT molecular complexity index is 872. The minimum atomic E-state index is -0.436. The highest BCUT2D eigenvalue weighted by Crippen LogP contribution is 2.26. The molecule has 0 aliphatic carbocycles. The molecule has 1 saturated heterocycles. The summed E-state index contributed by atoms with van der Waals surface area (Å²) in [6.45, 7) is 9.23. The number of amides is 1. The quantitative estimate of drug-likeness (QED) is 0.316. The van der Waals surface area contributed by atoms with E-state index in [0.717, 1.165) is 30.7 Å². The van der Waals surface area contributed by atoms with E-state index in [1.165, 1.54) is 6.20 Å². The van der Waals surface area contributed by atoms with Gasteiger partial charge in [-0.2, -0.15) is 5.10 Å². The maximum absolute atomic E-state index is 13.7. The van der Waals surface area contributed by atoms with E-state index in [4.69, 9.17) is 4.74 Å². The van der Waals surface area contributed by atoms with Crippen molar-refractivity contribution in [3.05, 3.63) is 47.9 Å². The molecule has 3 heterocycles. The number of nitrogens with zero attached hydrogens (tertiary/aromatic N) is 3. The minimum Gasteiger partial charge on any atom is -0.377 e. The van der Waals surface area contributed by atoms with Crippen LogP contribution in [0.25, 0.3) is 0 Å².